The number of anilines is 1. The summed E-state index contributed by atoms with van der Waals surface area (Å²) in [6.45, 7) is 0. The molecule has 198 valence electrons. The van der Waals surface area contributed by atoms with E-state index in [9.17, 15) is 8.42 Å². The van der Waals surface area contributed by atoms with Gasteiger partial charge in [-0.3, -0.25) is 4.98 Å². The predicted octanol–water partition coefficient (Wildman–Crippen LogP) is 2.95. The monoisotopic (exact) mass is 541 g/mol. The Kier molecular flexibility index (Phi) is 5.95. The third kappa shape index (κ3) is 4.24. The number of rotatable bonds is 4. The molecule has 4 aromatic rings. The van der Waals surface area contributed by atoms with Crippen molar-refractivity contribution in [3.05, 3.63) is 60.6 Å². The highest BCUT2D eigenvalue weighted by atomic mass is 32.2. The molecule has 0 saturated carbocycles. The van der Waals surface area contributed by atoms with Gasteiger partial charge in [0.1, 0.15) is 10.7 Å². The van der Waals surface area contributed by atoms with E-state index >= 15 is 0 Å². The molecule has 1 aromatic carbocycles. The number of aromatic nitrogens is 4. The summed E-state index contributed by atoms with van der Waals surface area (Å²) in [6.07, 6.45) is 9.32. The Balaban J connectivity index is 1.43. The molecule has 0 amide bonds. The molecule has 0 radical (unpaired) electrons. The maximum absolute atomic E-state index is 13.0. The molecule has 6 rings (SSSR count). The minimum Gasteiger partial charge on any atom is -0.382 e. The van der Waals surface area contributed by atoms with Gasteiger partial charge in [0.25, 0.3) is 0 Å². The summed E-state index contributed by atoms with van der Waals surface area (Å²) in [5, 5.41) is 13.4. The highest BCUT2D eigenvalue weighted by Crippen LogP contribution is 2.45. The lowest BCUT2D eigenvalue weighted by Crippen LogP contribution is -2.49. The Labute approximate surface area is 225 Å². The standard InChI is InChI=1S/C27H27N9O2S/c1-39(37,38)24-23(18-11-19-8-9-20(12-18)35(19)27(30)32-15-28)34-26-21(14-33-36(26)25(24)29)17-7-10-22(31-13-17)16-5-3-2-4-6-16/h2-7,10,13-14,18-20H,8-9,11-12,29H2,1H3,(H2,30,32)/t18-,19-,20+. The van der Waals surface area contributed by atoms with Gasteiger partial charge in [-0.25, -0.2) is 13.4 Å². The van der Waals surface area contributed by atoms with Crippen molar-refractivity contribution in [1.82, 2.24) is 24.5 Å². The second kappa shape index (κ2) is 9.36. The van der Waals surface area contributed by atoms with Gasteiger partial charge in [-0.05, 0) is 31.7 Å². The van der Waals surface area contributed by atoms with E-state index in [-0.39, 0.29) is 34.7 Å². The van der Waals surface area contributed by atoms with E-state index in [2.05, 4.69) is 15.1 Å². The Morgan fingerprint density at radius 1 is 1.08 bits per heavy atom. The lowest BCUT2D eigenvalue weighted by Gasteiger charge is -2.39. The molecule has 3 aromatic heterocycles. The second-order valence-electron chi connectivity index (χ2n) is 10.1. The van der Waals surface area contributed by atoms with Crippen molar-refractivity contribution in [1.29, 1.82) is 5.26 Å². The van der Waals surface area contributed by atoms with Gasteiger partial charge >= 0.3 is 0 Å². The van der Waals surface area contributed by atoms with Crippen LogP contribution in [0, 0.1) is 11.5 Å². The molecular weight excluding hydrogens is 514 g/mol. The summed E-state index contributed by atoms with van der Waals surface area (Å²) in [6, 6.07) is 13.8. The fraction of sp³-hybridized carbons (Fsp3) is 0.296. The van der Waals surface area contributed by atoms with E-state index in [1.807, 2.05) is 47.4 Å². The van der Waals surface area contributed by atoms with Gasteiger partial charge in [0, 0.05) is 47.1 Å². The predicted molar refractivity (Wildman–Crippen MR) is 147 cm³/mol. The van der Waals surface area contributed by atoms with Crippen LogP contribution in [-0.4, -0.2) is 57.2 Å². The molecule has 11 nitrogen and oxygen atoms in total. The minimum atomic E-state index is -3.72. The molecule has 3 atom stereocenters. The topological polar surface area (TPSA) is 169 Å². The molecule has 2 bridgehead atoms. The molecule has 0 spiro atoms. The van der Waals surface area contributed by atoms with E-state index in [0.29, 0.717) is 29.7 Å². The van der Waals surface area contributed by atoms with Crippen LogP contribution in [0.15, 0.2) is 64.7 Å². The Morgan fingerprint density at radius 2 is 1.79 bits per heavy atom. The third-order valence-corrected chi connectivity index (χ3v) is 8.89. The molecule has 5 heterocycles. The van der Waals surface area contributed by atoms with Crippen LogP contribution in [0.4, 0.5) is 5.82 Å². The summed E-state index contributed by atoms with van der Waals surface area (Å²) < 4.78 is 27.4. The largest absolute Gasteiger partial charge is 0.382 e. The number of aliphatic imine (C=N–C) groups is 1. The van der Waals surface area contributed by atoms with Gasteiger partial charge in [-0.1, -0.05) is 36.4 Å². The van der Waals surface area contributed by atoms with E-state index in [1.165, 1.54) is 4.52 Å². The van der Waals surface area contributed by atoms with Crippen LogP contribution in [-0.2, 0) is 9.84 Å². The second-order valence-corrected chi connectivity index (χ2v) is 12.1. The SMILES string of the molecule is CS(=O)(=O)c1c([C@@H]2C[C@H]3CC[C@@H](C2)N3/C(N)=N/C#N)nc2c(-c3ccc(-c4ccccc4)nc3)cnn2c1N. The first-order chi connectivity index (χ1) is 18.8. The van der Waals surface area contributed by atoms with Crippen LogP contribution in [0.3, 0.4) is 0 Å². The highest BCUT2D eigenvalue weighted by molar-refractivity contribution is 7.91. The zero-order valence-corrected chi connectivity index (χ0v) is 22.1. The van der Waals surface area contributed by atoms with Crippen molar-refractivity contribution in [2.24, 2.45) is 10.7 Å². The number of hydrogen-bond acceptors (Lipinski definition) is 8. The van der Waals surface area contributed by atoms with Crippen molar-refractivity contribution in [2.45, 2.75) is 48.6 Å². The number of nitrogen functional groups attached to an aromatic ring is 1. The summed E-state index contributed by atoms with van der Waals surface area (Å²) in [5.41, 5.74) is 16.8. The van der Waals surface area contributed by atoms with E-state index in [1.54, 1.807) is 18.6 Å². The quantitative estimate of drug-likeness (QED) is 0.224. The maximum Gasteiger partial charge on any atom is 0.209 e. The third-order valence-electron chi connectivity index (χ3n) is 7.73. The fourth-order valence-electron chi connectivity index (χ4n) is 6.09. The number of benzene rings is 1. The minimum absolute atomic E-state index is 0.0127. The summed E-state index contributed by atoms with van der Waals surface area (Å²) >= 11 is 0. The molecule has 2 fully saturated rings. The Hall–Kier alpha value is -4.50. The van der Waals surface area contributed by atoms with Gasteiger partial charge in [-0.2, -0.15) is 14.9 Å². The summed E-state index contributed by atoms with van der Waals surface area (Å²) in [4.78, 5) is 15.3. The van der Waals surface area contributed by atoms with Crippen LogP contribution >= 0.6 is 0 Å². The molecule has 12 heteroatoms. The summed E-state index contributed by atoms with van der Waals surface area (Å²) in [5.74, 6) is 0.0872. The van der Waals surface area contributed by atoms with Crippen molar-refractivity contribution in [2.75, 3.05) is 12.0 Å². The first-order valence-corrected chi connectivity index (χ1v) is 14.5. The molecular formula is C27H27N9O2S. The number of nitrogens with two attached hydrogens (primary N) is 2. The average molecular weight is 542 g/mol. The number of piperidine rings is 1. The van der Waals surface area contributed by atoms with Crippen LogP contribution in [0.2, 0.25) is 0 Å². The number of fused-ring (bicyclic) bond motifs is 3. The van der Waals surface area contributed by atoms with Gasteiger partial charge < -0.3 is 16.4 Å². The fourth-order valence-corrected chi connectivity index (χ4v) is 7.15. The lowest BCUT2D eigenvalue weighted by atomic mass is 9.88. The Bertz CT molecular complexity index is 1730. The zero-order valence-electron chi connectivity index (χ0n) is 21.3. The van der Waals surface area contributed by atoms with Gasteiger partial charge in [0.05, 0.1) is 17.6 Å². The van der Waals surface area contributed by atoms with E-state index < -0.39 is 9.84 Å². The zero-order chi connectivity index (χ0) is 27.3. The van der Waals surface area contributed by atoms with Gasteiger partial charge in [0.15, 0.2) is 15.5 Å². The number of sulfone groups is 1. The number of nitrogens with zero attached hydrogens (tertiary/aromatic N) is 7. The van der Waals surface area contributed by atoms with Crippen LogP contribution in [0.5, 0.6) is 0 Å². The van der Waals surface area contributed by atoms with Gasteiger partial charge in [0.2, 0.25) is 12.2 Å². The smallest absolute Gasteiger partial charge is 0.209 e. The first-order valence-electron chi connectivity index (χ1n) is 12.7. The molecule has 0 aliphatic carbocycles. The van der Waals surface area contributed by atoms with Crippen molar-refractivity contribution < 1.29 is 8.42 Å². The Morgan fingerprint density at radius 3 is 2.41 bits per heavy atom. The number of guanidine groups is 1. The van der Waals surface area contributed by atoms with Crippen molar-refractivity contribution >= 4 is 27.3 Å². The van der Waals surface area contributed by atoms with Crippen molar-refractivity contribution in [3.63, 3.8) is 0 Å². The first kappa shape index (κ1) is 24.8. The molecule has 39 heavy (non-hydrogen) atoms. The van der Waals surface area contributed by atoms with Crippen LogP contribution < -0.4 is 11.5 Å². The lowest BCUT2D eigenvalue weighted by molar-refractivity contribution is 0.209. The number of pyridine rings is 1. The van der Waals surface area contributed by atoms with E-state index in [0.717, 1.165) is 35.9 Å². The van der Waals surface area contributed by atoms with Crippen molar-refractivity contribution in [3.8, 4) is 28.6 Å². The molecule has 4 N–H and O–H groups in total. The van der Waals surface area contributed by atoms with Gasteiger partial charge in [-0.15, -0.1) is 4.99 Å². The van der Waals surface area contributed by atoms with E-state index in [4.69, 9.17) is 21.7 Å². The number of nitriles is 1. The highest BCUT2D eigenvalue weighted by Gasteiger charge is 2.44. The molecule has 2 aliphatic heterocycles. The summed E-state index contributed by atoms with van der Waals surface area (Å²) in [7, 11) is -3.72. The normalized spacial score (nSPS) is 21.3. The van der Waals surface area contributed by atoms with Crippen LogP contribution in [0.25, 0.3) is 28.0 Å². The molecule has 0 unspecified atom stereocenters. The molecule has 2 saturated heterocycles. The molecule has 2 aliphatic rings. The average Bonchev–Trinajstić information content (AvgIpc) is 3.47. The van der Waals surface area contributed by atoms with Crippen LogP contribution in [0.1, 0.15) is 37.3 Å². The number of hydrogen-bond donors (Lipinski definition) is 2. The maximum atomic E-state index is 13.0.